The molecule has 24 heavy (non-hydrogen) atoms. The first-order valence-corrected chi connectivity index (χ1v) is 8.62. The molecular weight excluding hydrogens is 324 g/mol. The van der Waals surface area contributed by atoms with E-state index in [0.717, 1.165) is 35.0 Å². The number of aromatic nitrogens is 2. The minimum absolute atomic E-state index is 0. The molecule has 2 unspecified atom stereocenters. The number of benzene rings is 1. The highest BCUT2D eigenvalue weighted by Crippen LogP contribution is 2.42. The monoisotopic (exact) mass is 348 g/mol. The van der Waals surface area contributed by atoms with Gasteiger partial charge in [0.15, 0.2) is 0 Å². The Balaban J connectivity index is 0.00000169. The molecule has 4 N–H and O–H groups in total. The second kappa shape index (κ2) is 6.73. The molecule has 2 aromatic rings. The molecule has 0 spiro atoms. The van der Waals surface area contributed by atoms with E-state index in [1.165, 1.54) is 19.3 Å². The minimum Gasteiger partial charge on any atom is -0.327 e. The predicted molar refractivity (Wildman–Crippen MR) is 98.2 cm³/mol. The van der Waals surface area contributed by atoms with Crippen LogP contribution in [-0.2, 0) is 4.79 Å². The van der Waals surface area contributed by atoms with Crippen molar-refractivity contribution in [3.8, 4) is 0 Å². The molecule has 1 amide bonds. The fourth-order valence-electron chi connectivity index (χ4n) is 4.51. The first-order valence-electron chi connectivity index (χ1n) is 8.62. The molecule has 2 aliphatic carbocycles. The number of nitrogens with one attached hydrogen (secondary N) is 2. The highest BCUT2D eigenvalue weighted by molar-refractivity contribution is 6.01. The number of nitrogens with two attached hydrogens (primary N) is 1. The molecule has 1 aromatic carbocycles. The zero-order chi connectivity index (χ0) is 16.0. The number of carbonyl (C=O) groups excluding carboxylic acids is 1. The van der Waals surface area contributed by atoms with Crippen LogP contribution >= 0.6 is 12.4 Å². The maximum Gasteiger partial charge on any atom is 0.227 e. The van der Waals surface area contributed by atoms with Gasteiger partial charge in [0.05, 0.1) is 17.4 Å². The number of hydrogen-bond donors (Lipinski definition) is 3. The van der Waals surface area contributed by atoms with Crippen LogP contribution in [0, 0.1) is 24.7 Å². The lowest BCUT2D eigenvalue weighted by Gasteiger charge is -2.43. The standard InChI is InChI=1S/C18H24N4O.ClH/c1-10-5-6-15(17-14(10)9-20-22-17)21-18(23)13-7-11-3-2-4-12(8-13)16(11)19;/h5-6,9,11-13,16H,2-4,7-8,19H2,1H3,(H,20,22)(H,21,23);1H. The van der Waals surface area contributed by atoms with Gasteiger partial charge >= 0.3 is 0 Å². The lowest BCUT2D eigenvalue weighted by atomic mass is 9.65. The summed E-state index contributed by atoms with van der Waals surface area (Å²) in [4.78, 5) is 12.8. The average molecular weight is 349 g/mol. The van der Waals surface area contributed by atoms with E-state index >= 15 is 0 Å². The van der Waals surface area contributed by atoms with Gasteiger partial charge in [-0.1, -0.05) is 12.5 Å². The molecule has 2 bridgehead atoms. The topological polar surface area (TPSA) is 83.8 Å². The van der Waals surface area contributed by atoms with Crippen LogP contribution in [0.25, 0.3) is 10.9 Å². The van der Waals surface area contributed by atoms with Crippen LogP contribution < -0.4 is 11.1 Å². The van der Waals surface area contributed by atoms with Gasteiger partial charge in [-0.25, -0.2) is 0 Å². The number of fused-ring (bicyclic) bond motifs is 3. The molecule has 1 heterocycles. The number of aromatic amines is 1. The molecule has 0 aliphatic heterocycles. The molecule has 4 rings (SSSR count). The van der Waals surface area contributed by atoms with E-state index in [-0.39, 0.29) is 24.2 Å². The van der Waals surface area contributed by atoms with Crippen LogP contribution in [0.1, 0.15) is 37.7 Å². The van der Waals surface area contributed by atoms with Crippen LogP contribution in [0.5, 0.6) is 0 Å². The number of carbonyl (C=O) groups is 1. The van der Waals surface area contributed by atoms with Gasteiger partial charge in [-0.15, -0.1) is 12.4 Å². The van der Waals surface area contributed by atoms with E-state index in [2.05, 4.69) is 15.5 Å². The van der Waals surface area contributed by atoms with Crippen molar-refractivity contribution in [2.75, 3.05) is 5.32 Å². The zero-order valence-electron chi connectivity index (χ0n) is 13.9. The molecule has 6 heteroatoms. The third kappa shape index (κ3) is 2.91. The van der Waals surface area contributed by atoms with E-state index < -0.39 is 0 Å². The van der Waals surface area contributed by atoms with E-state index in [1.807, 2.05) is 25.3 Å². The van der Waals surface area contributed by atoms with Crippen molar-refractivity contribution in [3.05, 3.63) is 23.9 Å². The maximum atomic E-state index is 12.8. The largest absolute Gasteiger partial charge is 0.327 e. The van der Waals surface area contributed by atoms with Crippen molar-refractivity contribution in [3.63, 3.8) is 0 Å². The fraction of sp³-hybridized carbons (Fsp3) is 0.556. The number of nitrogens with zero attached hydrogens (tertiary/aromatic N) is 1. The highest BCUT2D eigenvalue weighted by atomic mass is 35.5. The van der Waals surface area contributed by atoms with Crippen LogP contribution in [0.2, 0.25) is 0 Å². The molecule has 2 atom stereocenters. The summed E-state index contributed by atoms with van der Waals surface area (Å²) in [5, 5.41) is 11.3. The summed E-state index contributed by atoms with van der Waals surface area (Å²) in [6, 6.07) is 4.29. The van der Waals surface area contributed by atoms with Gasteiger partial charge in [0.25, 0.3) is 0 Å². The predicted octanol–water partition coefficient (Wildman–Crippen LogP) is 3.39. The van der Waals surface area contributed by atoms with Gasteiger partial charge in [-0.2, -0.15) is 5.10 Å². The Morgan fingerprint density at radius 1 is 1.29 bits per heavy atom. The van der Waals surface area contributed by atoms with Gasteiger partial charge in [0.1, 0.15) is 0 Å². The normalized spacial score (nSPS) is 29.1. The Hall–Kier alpha value is -1.59. The number of aryl methyl sites for hydroxylation is 1. The van der Waals surface area contributed by atoms with Crippen LogP contribution in [0.15, 0.2) is 18.3 Å². The quantitative estimate of drug-likeness (QED) is 0.777. The molecule has 2 aliphatic rings. The lowest BCUT2D eigenvalue weighted by Crippen LogP contribution is -2.48. The zero-order valence-corrected chi connectivity index (χ0v) is 14.7. The number of hydrogen-bond acceptors (Lipinski definition) is 3. The molecule has 2 fully saturated rings. The summed E-state index contributed by atoms with van der Waals surface area (Å²) >= 11 is 0. The van der Waals surface area contributed by atoms with Gasteiger partial charge in [0.2, 0.25) is 5.91 Å². The fourth-order valence-corrected chi connectivity index (χ4v) is 4.51. The first kappa shape index (κ1) is 17.2. The molecule has 1 aromatic heterocycles. The third-order valence-corrected chi connectivity index (χ3v) is 5.88. The molecule has 130 valence electrons. The van der Waals surface area contributed by atoms with Crippen LogP contribution in [-0.4, -0.2) is 22.1 Å². The lowest BCUT2D eigenvalue weighted by molar-refractivity contribution is -0.122. The highest BCUT2D eigenvalue weighted by Gasteiger charge is 2.40. The maximum absolute atomic E-state index is 12.8. The van der Waals surface area contributed by atoms with Crippen molar-refractivity contribution in [2.45, 2.75) is 45.1 Å². The Morgan fingerprint density at radius 3 is 2.71 bits per heavy atom. The summed E-state index contributed by atoms with van der Waals surface area (Å²) in [6.45, 7) is 2.05. The average Bonchev–Trinajstić information content (AvgIpc) is 3.00. The molecule has 5 nitrogen and oxygen atoms in total. The van der Waals surface area contributed by atoms with Crippen molar-refractivity contribution < 1.29 is 4.79 Å². The Labute approximate surface area is 148 Å². The molecule has 0 radical (unpaired) electrons. The summed E-state index contributed by atoms with van der Waals surface area (Å²) < 4.78 is 0. The summed E-state index contributed by atoms with van der Waals surface area (Å²) in [7, 11) is 0. The van der Waals surface area contributed by atoms with Gasteiger partial charge < -0.3 is 11.1 Å². The van der Waals surface area contributed by atoms with E-state index in [0.29, 0.717) is 17.9 Å². The minimum atomic E-state index is 0. The van der Waals surface area contributed by atoms with Crippen molar-refractivity contribution in [2.24, 2.45) is 23.5 Å². The number of rotatable bonds is 2. The van der Waals surface area contributed by atoms with Gasteiger partial charge in [0, 0.05) is 17.3 Å². The summed E-state index contributed by atoms with van der Waals surface area (Å²) in [6.07, 6.45) is 7.30. The van der Waals surface area contributed by atoms with E-state index in [4.69, 9.17) is 5.73 Å². The smallest absolute Gasteiger partial charge is 0.227 e. The van der Waals surface area contributed by atoms with Crippen LogP contribution in [0.3, 0.4) is 0 Å². The van der Waals surface area contributed by atoms with E-state index in [9.17, 15) is 4.79 Å². The summed E-state index contributed by atoms with van der Waals surface area (Å²) in [5.74, 6) is 1.25. The Bertz CT molecular complexity index is 730. The number of H-pyrrole nitrogens is 1. The van der Waals surface area contributed by atoms with Crippen molar-refractivity contribution in [1.29, 1.82) is 0 Å². The van der Waals surface area contributed by atoms with Crippen LogP contribution in [0.4, 0.5) is 5.69 Å². The summed E-state index contributed by atoms with van der Waals surface area (Å²) in [5.41, 5.74) is 9.22. The van der Waals surface area contributed by atoms with Crippen molar-refractivity contribution in [1.82, 2.24) is 10.2 Å². The molecule has 2 saturated carbocycles. The second-order valence-corrected chi connectivity index (χ2v) is 7.27. The van der Waals surface area contributed by atoms with Crippen molar-refractivity contribution >= 4 is 34.9 Å². The SMILES string of the molecule is Cc1ccc(NC(=O)C2CC3CCCC(C2)C3N)c2[nH]ncc12.Cl. The first-order chi connectivity index (χ1) is 11.1. The number of anilines is 1. The second-order valence-electron chi connectivity index (χ2n) is 7.27. The van der Waals surface area contributed by atoms with Gasteiger partial charge in [-0.3, -0.25) is 9.89 Å². The number of amides is 1. The molecule has 0 saturated heterocycles. The molecular formula is C18H25ClN4O. The number of halogens is 1. The third-order valence-electron chi connectivity index (χ3n) is 5.88. The Morgan fingerprint density at radius 2 is 2.00 bits per heavy atom. The van der Waals surface area contributed by atoms with Gasteiger partial charge in [-0.05, 0) is 56.1 Å². The Kier molecular flexibility index (Phi) is 4.83. The van der Waals surface area contributed by atoms with E-state index in [1.54, 1.807) is 0 Å².